The van der Waals surface area contributed by atoms with E-state index in [-0.39, 0.29) is 19.5 Å². The Balaban J connectivity index is -0.0000000550. The van der Waals surface area contributed by atoms with Crippen molar-refractivity contribution in [1.82, 2.24) is 0 Å². The van der Waals surface area contributed by atoms with Crippen LogP contribution in [0.2, 0.25) is 0 Å². The number of allylic oxidation sites excluding steroid dienone is 4. The molecule has 1 aliphatic rings. The van der Waals surface area contributed by atoms with Gasteiger partial charge in [0.2, 0.25) is 0 Å². The van der Waals surface area contributed by atoms with Gasteiger partial charge >= 0.3 is 19.5 Å². The molecule has 0 spiro atoms. The summed E-state index contributed by atoms with van der Waals surface area (Å²) in [5.74, 6) is 0. The Morgan fingerprint density at radius 1 is 1.00 bits per heavy atom. The zero-order valence-corrected chi connectivity index (χ0v) is 10.9. The summed E-state index contributed by atoms with van der Waals surface area (Å²) >= 11 is 0. The fourth-order valence-electron chi connectivity index (χ4n) is 0.340. The fourth-order valence-corrected chi connectivity index (χ4v) is 0.340. The molecular formula is C11H14N3Ru+. The Hall–Kier alpha value is -1.43. The van der Waals surface area contributed by atoms with E-state index in [1.807, 2.05) is 12.2 Å². The maximum atomic E-state index is 7.32. The van der Waals surface area contributed by atoms with Gasteiger partial charge in [0.15, 0.2) is 0 Å². The third-order valence-corrected chi connectivity index (χ3v) is 0.586. The van der Waals surface area contributed by atoms with E-state index in [1.54, 1.807) is 18.2 Å². The molecular weight excluding hydrogens is 275 g/mol. The topological polar surface area (TPSA) is 71.4 Å². The van der Waals surface area contributed by atoms with Crippen molar-refractivity contribution in [3.8, 4) is 18.2 Å². The van der Waals surface area contributed by atoms with Gasteiger partial charge in [-0.05, 0) is 0 Å². The SMILES string of the molecule is CC#N.CC#N.CC#N.[C-]1=CC=CC1.[Ru+2]. The minimum absolute atomic E-state index is 0. The first-order valence-corrected chi connectivity index (χ1v) is 3.89. The molecule has 0 heterocycles. The number of nitriles is 3. The first-order chi connectivity index (χ1) is 6.74. The summed E-state index contributed by atoms with van der Waals surface area (Å²) in [6.45, 7) is 4.29. The molecule has 1 aliphatic carbocycles. The van der Waals surface area contributed by atoms with E-state index in [0.717, 1.165) is 6.42 Å². The van der Waals surface area contributed by atoms with E-state index < -0.39 is 0 Å². The van der Waals surface area contributed by atoms with Gasteiger partial charge in [-0.25, -0.2) is 12.2 Å². The van der Waals surface area contributed by atoms with Crippen LogP contribution in [0.1, 0.15) is 27.2 Å². The minimum Gasteiger partial charge on any atom is -0.273 e. The Morgan fingerprint density at radius 2 is 1.33 bits per heavy atom. The van der Waals surface area contributed by atoms with Gasteiger partial charge in [0.25, 0.3) is 0 Å². The average molecular weight is 289 g/mol. The van der Waals surface area contributed by atoms with Gasteiger partial charge < -0.3 is 0 Å². The molecule has 0 fully saturated rings. The van der Waals surface area contributed by atoms with Crippen molar-refractivity contribution in [2.75, 3.05) is 0 Å². The molecule has 0 amide bonds. The molecule has 0 aromatic heterocycles. The second-order valence-electron chi connectivity index (χ2n) is 1.67. The third-order valence-electron chi connectivity index (χ3n) is 0.586. The Kier molecular flexibility index (Phi) is 60.8. The van der Waals surface area contributed by atoms with Gasteiger partial charge in [0.1, 0.15) is 0 Å². The van der Waals surface area contributed by atoms with Crippen molar-refractivity contribution in [2.24, 2.45) is 0 Å². The molecule has 0 aliphatic heterocycles. The molecule has 0 aromatic carbocycles. The molecule has 3 nitrogen and oxygen atoms in total. The Morgan fingerprint density at radius 3 is 1.40 bits per heavy atom. The minimum atomic E-state index is 0. The first-order valence-electron chi connectivity index (χ1n) is 3.89. The summed E-state index contributed by atoms with van der Waals surface area (Å²) in [7, 11) is 0. The van der Waals surface area contributed by atoms with Crippen LogP contribution in [0.4, 0.5) is 0 Å². The summed E-state index contributed by atoms with van der Waals surface area (Å²) in [6.07, 6.45) is 10.0. The van der Waals surface area contributed by atoms with E-state index in [4.69, 9.17) is 15.8 Å². The second-order valence-corrected chi connectivity index (χ2v) is 1.67. The molecule has 4 heteroatoms. The maximum Gasteiger partial charge on any atom is 2.00 e. The number of rotatable bonds is 0. The molecule has 0 atom stereocenters. The first kappa shape index (κ1) is 23.4. The van der Waals surface area contributed by atoms with E-state index in [2.05, 4.69) is 12.2 Å². The maximum absolute atomic E-state index is 7.32. The van der Waals surface area contributed by atoms with Crippen molar-refractivity contribution in [1.29, 1.82) is 15.8 Å². The third kappa shape index (κ3) is 110. The molecule has 0 saturated heterocycles. The van der Waals surface area contributed by atoms with E-state index in [1.165, 1.54) is 20.8 Å². The quantitative estimate of drug-likeness (QED) is 0.508. The standard InChI is InChI=1S/C5H5.3C2H3N.Ru/c1-2-4-5-3-1;3*1-2-3;/h1-3H,4H2;3*1H3;/q-1;;;;+2. The van der Waals surface area contributed by atoms with Crippen LogP contribution in [0.5, 0.6) is 0 Å². The zero-order chi connectivity index (χ0) is 11.7. The number of hydrogen-bond acceptors (Lipinski definition) is 3. The number of nitrogens with zero attached hydrogens (tertiary/aromatic N) is 3. The van der Waals surface area contributed by atoms with E-state index in [0.29, 0.717) is 0 Å². The van der Waals surface area contributed by atoms with Gasteiger partial charge in [0, 0.05) is 20.8 Å². The normalized spacial score (nSPS) is 7.47. The monoisotopic (exact) mass is 290 g/mol. The van der Waals surface area contributed by atoms with Gasteiger partial charge in [0.05, 0.1) is 18.2 Å². The summed E-state index contributed by atoms with van der Waals surface area (Å²) < 4.78 is 0. The summed E-state index contributed by atoms with van der Waals surface area (Å²) in [6, 6.07) is 5.25. The van der Waals surface area contributed by atoms with E-state index in [9.17, 15) is 0 Å². The molecule has 0 N–H and O–H groups in total. The fraction of sp³-hybridized carbons (Fsp3) is 0.364. The Bertz CT molecular complexity index is 222. The van der Waals surface area contributed by atoms with Crippen molar-refractivity contribution < 1.29 is 19.5 Å². The van der Waals surface area contributed by atoms with Crippen LogP contribution in [0.25, 0.3) is 0 Å². The van der Waals surface area contributed by atoms with Gasteiger partial charge in [-0.2, -0.15) is 21.9 Å². The zero-order valence-electron chi connectivity index (χ0n) is 9.13. The van der Waals surface area contributed by atoms with Crippen LogP contribution >= 0.6 is 0 Å². The molecule has 0 radical (unpaired) electrons. The van der Waals surface area contributed by atoms with Gasteiger partial charge in [-0.15, -0.1) is 6.42 Å². The van der Waals surface area contributed by atoms with Gasteiger partial charge in [-0.1, -0.05) is 0 Å². The molecule has 0 bridgehead atoms. The van der Waals surface area contributed by atoms with Gasteiger partial charge in [-0.3, -0.25) is 6.08 Å². The molecule has 80 valence electrons. The molecule has 0 saturated carbocycles. The average Bonchev–Trinajstić information content (AvgIpc) is 2.63. The largest absolute Gasteiger partial charge is 2.00 e. The molecule has 0 aromatic rings. The van der Waals surface area contributed by atoms with E-state index >= 15 is 0 Å². The number of hydrogen-bond donors (Lipinski definition) is 0. The van der Waals surface area contributed by atoms with Crippen LogP contribution in [0, 0.1) is 40.1 Å². The Labute approximate surface area is 105 Å². The molecule has 0 unspecified atom stereocenters. The molecule has 15 heavy (non-hydrogen) atoms. The predicted octanol–water partition coefficient (Wildman–Crippen LogP) is 2.89. The summed E-state index contributed by atoms with van der Waals surface area (Å²) in [4.78, 5) is 0. The van der Waals surface area contributed by atoms with Crippen LogP contribution in [0.3, 0.4) is 0 Å². The smallest absolute Gasteiger partial charge is 0.273 e. The van der Waals surface area contributed by atoms with Crippen molar-refractivity contribution in [3.63, 3.8) is 0 Å². The predicted molar refractivity (Wildman–Crippen MR) is 55.4 cm³/mol. The van der Waals surface area contributed by atoms with Crippen LogP contribution in [-0.2, 0) is 19.5 Å². The molecule has 1 rings (SSSR count). The van der Waals surface area contributed by atoms with Crippen LogP contribution in [-0.4, -0.2) is 0 Å². The second kappa shape index (κ2) is 39.0. The van der Waals surface area contributed by atoms with Crippen LogP contribution in [0.15, 0.2) is 18.2 Å². The summed E-state index contributed by atoms with van der Waals surface area (Å²) in [5, 5.41) is 22.0. The van der Waals surface area contributed by atoms with Crippen molar-refractivity contribution in [3.05, 3.63) is 24.3 Å². The summed E-state index contributed by atoms with van der Waals surface area (Å²) in [5.41, 5.74) is 0. The van der Waals surface area contributed by atoms with Crippen molar-refractivity contribution >= 4 is 0 Å². The van der Waals surface area contributed by atoms with Crippen molar-refractivity contribution in [2.45, 2.75) is 27.2 Å². The van der Waals surface area contributed by atoms with Crippen LogP contribution < -0.4 is 0 Å².